The van der Waals surface area contributed by atoms with Crippen molar-refractivity contribution in [3.05, 3.63) is 60.2 Å². The number of hydrogen-bond acceptors (Lipinski definition) is 4. The molecule has 1 atom stereocenters. The van der Waals surface area contributed by atoms with Crippen LogP contribution in [-0.2, 0) is 16.1 Å². The molecule has 7 heteroatoms. The van der Waals surface area contributed by atoms with Crippen molar-refractivity contribution in [2.75, 3.05) is 19.0 Å². The van der Waals surface area contributed by atoms with Crippen LogP contribution in [0.4, 0.5) is 5.69 Å². The SMILES string of the molecule is CCOc1ccc(NC(=O)CC2C(=O)N(C)C(=S)N2Cc2ccccc2)cc1. The summed E-state index contributed by atoms with van der Waals surface area (Å²) in [6.07, 6.45) is 0.0311. The van der Waals surface area contributed by atoms with Gasteiger partial charge < -0.3 is 15.0 Å². The average molecular weight is 398 g/mol. The summed E-state index contributed by atoms with van der Waals surface area (Å²) in [5, 5.41) is 3.28. The molecule has 0 saturated carbocycles. The van der Waals surface area contributed by atoms with E-state index in [0.29, 0.717) is 24.0 Å². The third-order valence-corrected chi connectivity index (χ3v) is 5.06. The molecule has 3 rings (SSSR count). The van der Waals surface area contributed by atoms with Crippen molar-refractivity contribution in [2.45, 2.75) is 25.9 Å². The van der Waals surface area contributed by atoms with Crippen LogP contribution < -0.4 is 10.1 Å². The maximum absolute atomic E-state index is 12.6. The molecule has 1 N–H and O–H groups in total. The van der Waals surface area contributed by atoms with E-state index in [1.165, 1.54) is 4.90 Å². The lowest BCUT2D eigenvalue weighted by molar-refractivity contribution is -0.130. The van der Waals surface area contributed by atoms with Crippen molar-refractivity contribution >= 4 is 34.8 Å². The number of ether oxygens (including phenoxy) is 1. The van der Waals surface area contributed by atoms with Crippen LogP contribution in [0.3, 0.4) is 0 Å². The summed E-state index contributed by atoms with van der Waals surface area (Å²) in [6.45, 7) is 2.98. The molecule has 1 aliphatic heterocycles. The van der Waals surface area contributed by atoms with E-state index in [1.54, 1.807) is 31.3 Å². The number of hydrogen-bond donors (Lipinski definition) is 1. The first kappa shape index (κ1) is 19.8. The van der Waals surface area contributed by atoms with E-state index in [9.17, 15) is 9.59 Å². The minimum atomic E-state index is -0.611. The fourth-order valence-corrected chi connectivity index (χ4v) is 3.40. The lowest BCUT2D eigenvalue weighted by Crippen LogP contribution is -2.37. The highest BCUT2D eigenvalue weighted by Gasteiger charge is 2.41. The summed E-state index contributed by atoms with van der Waals surface area (Å²) < 4.78 is 5.40. The molecule has 2 amide bonds. The molecule has 0 radical (unpaired) electrons. The second-order valence-corrected chi connectivity index (χ2v) is 6.88. The van der Waals surface area contributed by atoms with Crippen molar-refractivity contribution in [2.24, 2.45) is 0 Å². The predicted octanol–water partition coefficient (Wildman–Crippen LogP) is 3.04. The summed E-state index contributed by atoms with van der Waals surface area (Å²) in [5.41, 5.74) is 1.69. The maximum atomic E-state index is 12.6. The van der Waals surface area contributed by atoms with E-state index in [2.05, 4.69) is 5.32 Å². The fourth-order valence-electron chi connectivity index (χ4n) is 3.12. The largest absolute Gasteiger partial charge is 0.494 e. The van der Waals surface area contributed by atoms with Gasteiger partial charge in [-0.05, 0) is 49.0 Å². The van der Waals surface area contributed by atoms with Gasteiger partial charge in [-0.25, -0.2) is 0 Å². The van der Waals surface area contributed by atoms with E-state index in [0.717, 1.165) is 11.3 Å². The zero-order valence-electron chi connectivity index (χ0n) is 15.9. The third-order valence-electron chi connectivity index (χ3n) is 4.55. The number of likely N-dealkylation sites (N-methyl/N-ethyl adjacent to an activating group) is 1. The molecule has 0 aliphatic carbocycles. The molecule has 0 bridgehead atoms. The molecule has 1 saturated heterocycles. The van der Waals surface area contributed by atoms with Gasteiger partial charge in [0.05, 0.1) is 13.0 Å². The number of benzene rings is 2. The fraction of sp³-hybridized carbons (Fsp3) is 0.286. The van der Waals surface area contributed by atoms with E-state index in [-0.39, 0.29) is 18.2 Å². The van der Waals surface area contributed by atoms with Crippen LogP contribution in [0.5, 0.6) is 5.75 Å². The van der Waals surface area contributed by atoms with Crippen LogP contribution in [0.2, 0.25) is 0 Å². The molecule has 28 heavy (non-hydrogen) atoms. The van der Waals surface area contributed by atoms with Gasteiger partial charge in [0.2, 0.25) is 5.91 Å². The number of thiocarbonyl (C=S) groups is 1. The van der Waals surface area contributed by atoms with E-state index in [1.807, 2.05) is 42.2 Å². The standard InChI is InChI=1S/C21H23N3O3S/c1-3-27-17-11-9-16(10-12-17)22-19(25)13-18-20(26)23(2)21(28)24(18)14-15-7-5-4-6-8-15/h4-12,18H,3,13-14H2,1-2H3,(H,22,25). The monoisotopic (exact) mass is 397 g/mol. The zero-order chi connectivity index (χ0) is 20.1. The third kappa shape index (κ3) is 4.48. The van der Waals surface area contributed by atoms with E-state index in [4.69, 9.17) is 17.0 Å². The summed E-state index contributed by atoms with van der Waals surface area (Å²) in [5.74, 6) is 0.342. The molecular formula is C21H23N3O3S. The second kappa shape index (κ2) is 8.84. The Kier molecular flexibility index (Phi) is 6.26. The molecule has 0 aromatic heterocycles. The smallest absolute Gasteiger partial charge is 0.251 e. The van der Waals surface area contributed by atoms with Crippen molar-refractivity contribution in [3.8, 4) is 5.75 Å². The van der Waals surface area contributed by atoms with Gasteiger partial charge in [0.1, 0.15) is 11.8 Å². The van der Waals surface area contributed by atoms with Crippen LogP contribution in [0.25, 0.3) is 0 Å². The summed E-state index contributed by atoms with van der Waals surface area (Å²) in [7, 11) is 1.65. The quantitative estimate of drug-likeness (QED) is 0.728. The highest BCUT2D eigenvalue weighted by molar-refractivity contribution is 7.80. The molecule has 2 aromatic rings. The lowest BCUT2D eigenvalue weighted by atomic mass is 10.1. The molecule has 0 spiro atoms. The van der Waals surface area contributed by atoms with Crippen molar-refractivity contribution < 1.29 is 14.3 Å². The number of carbonyl (C=O) groups excluding carboxylic acids is 2. The minimum Gasteiger partial charge on any atom is -0.494 e. The number of nitrogens with zero attached hydrogens (tertiary/aromatic N) is 2. The number of rotatable bonds is 7. The molecule has 1 fully saturated rings. The van der Waals surface area contributed by atoms with Gasteiger partial charge in [-0.1, -0.05) is 30.3 Å². The first-order valence-electron chi connectivity index (χ1n) is 9.14. The van der Waals surface area contributed by atoms with Gasteiger partial charge in [0.25, 0.3) is 5.91 Å². The van der Waals surface area contributed by atoms with E-state index >= 15 is 0 Å². The number of nitrogens with one attached hydrogen (secondary N) is 1. The van der Waals surface area contributed by atoms with Crippen molar-refractivity contribution in [1.82, 2.24) is 9.80 Å². The van der Waals surface area contributed by atoms with Crippen molar-refractivity contribution in [1.29, 1.82) is 0 Å². The van der Waals surface area contributed by atoms with Crippen LogP contribution in [-0.4, -0.2) is 46.4 Å². The minimum absolute atomic E-state index is 0.0311. The Bertz CT molecular complexity index is 855. The Balaban J connectivity index is 1.68. The summed E-state index contributed by atoms with van der Waals surface area (Å²) in [4.78, 5) is 28.4. The first-order valence-corrected chi connectivity index (χ1v) is 9.55. The maximum Gasteiger partial charge on any atom is 0.251 e. The van der Waals surface area contributed by atoms with Gasteiger partial charge in [0, 0.05) is 19.3 Å². The van der Waals surface area contributed by atoms with Crippen molar-refractivity contribution in [3.63, 3.8) is 0 Å². The summed E-state index contributed by atoms with van der Waals surface area (Å²) in [6, 6.07) is 16.3. The number of amides is 2. The predicted molar refractivity (Wildman–Crippen MR) is 112 cm³/mol. The van der Waals surface area contributed by atoms with Gasteiger partial charge in [0.15, 0.2) is 5.11 Å². The molecule has 6 nitrogen and oxygen atoms in total. The Hall–Kier alpha value is -2.93. The average Bonchev–Trinajstić information content (AvgIpc) is 2.89. The molecule has 1 aliphatic rings. The Morgan fingerprint density at radius 2 is 1.82 bits per heavy atom. The molecule has 2 aromatic carbocycles. The highest BCUT2D eigenvalue weighted by atomic mass is 32.1. The second-order valence-electron chi connectivity index (χ2n) is 6.52. The van der Waals surface area contributed by atoms with Gasteiger partial charge in [-0.3, -0.25) is 14.5 Å². The zero-order valence-corrected chi connectivity index (χ0v) is 16.7. The number of carbonyl (C=O) groups is 2. The normalized spacial score (nSPS) is 16.4. The Labute approximate surface area is 170 Å². The van der Waals surface area contributed by atoms with Crippen LogP contribution >= 0.6 is 12.2 Å². The summed E-state index contributed by atoms with van der Waals surface area (Å²) >= 11 is 5.42. The van der Waals surface area contributed by atoms with Gasteiger partial charge in [-0.15, -0.1) is 0 Å². The van der Waals surface area contributed by atoms with Crippen LogP contribution in [0, 0.1) is 0 Å². The molecule has 1 unspecified atom stereocenters. The van der Waals surface area contributed by atoms with E-state index < -0.39 is 6.04 Å². The Morgan fingerprint density at radius 3 is 2.46 bits per heavy atom. The molecule has 146 valence electrons. The van der Waals surface area contributed by atoms with Crippen LogP contribution in [0.1, 0.15) is 18.9 Å². The van der Waals surface area contributed by atoms with Gasteiger partial charge >= 0.3 is 0 Å². The topological polar surface area (TPSA) is 61.9 Å². The van der Waals surface area contributed by atoms with Crippen LogP contribution in [0.15, 0.2) is 54.6 Å². The number of anilines is 1. The molecular weight excluding hydrogens is 374 g/mol. The Morgan fingerprint density at radius 1 is 1.14 bits per heavy atom. The first-order chi connectivity index (χ1) is 13.5. The lowest BCUT2D eigenvalue weighted by Gasteiger charge is -2.23. The van der Waals surface area contributed by atoms with Gasteiger partial charge in [-0.2, -0.15) is 0 Å². The molecule has 1 heterocycles. The highest BCUT2D eigenvalue weighted by Crippen LogP contribution is 2.23.